The van der Waals surface area contributed by atoms with Gasteiger partial charge in [-0.25, -0.2) is 15.6 Å². The lowest BCUT2D eigenvalue weighted by Gasteiger charge is -2.20. The quantitative estimate of drug-likeness (QED) is 0.0125. The number of nitrogens with zero attached hydrogens (tertiary/aromatic N) is 2. The normalized spacial score (nSPS) is 11.4. The number of ether oxygens (including phenoxy) is 9. The summed E-state index contributed by atoms with van der Waals surface area (Å²) in [4.78, 5) is 28.1. The van der Waals surface area contributed by atoms with E-state index in [4.69, 9.17) is 54.2 Å². The van der Waals surface area contributed by atoms with E-state index in [0.29, 0.717) is 134 Å². The smallest absolute Gasteiger partial charge is 0.333 e. The SMILES string of the molecule is CCN(CCOCCOCCOCCOCCOCCOCCOCCOc1cccc(N(N)C(N)=O)c1)CCOc1ccc(C(=O)c2c(-c3ccc(O)cc3)sc3cc(O)ccc23)cc1. The summed E-state index contributed by atoms with van der Waals surface area (Å²) < 4.78 is 51.4. The molecule has 0 spiro atoms. The average molecular weight is 935 g/mol. The van der Waals surface area contributed by atoms with E-state index in [9.17, 15) is 19.8 Å². The summed E-state index contributed by atoms with van der Waals surface area (Å²) in [6, 6.07) is 24.9. The van der Waals surface area contributed by atoms with Crippen LogP contribution in [0.1, 0.15) is 22.8 Å². The number of carbonyl (C=O) groups is 2. The summed E-state index contributed by atoms with van der Waals surface area (Å²) in [7, 11) is 0. The summed E-state index contributed by atoms with van der Waals surface area (Å²) in [5, 5.41) is 21.5. The van der Waals surface area contributed by atoms with Crippen LogP contribution in [0, 0.1) is 0 Å². The van der Waals surface area contributed by atoms with Gasteiger partial charge in [-0.2, -0.15) is 0 Å². The van der Waals surface area contributed by atoms with Crippen LogP contribution >= 0.6 is 11.3 Å². The third kappa shape index (κ3) is 17.8. The number of nitrogens with two attached hydrogens (primary N) is 2. The van der Waals surface area contributed by atoms with Gasteiger partial charge in [-0.05, 0) is 91.0 Å². The summed E-state index contributed by atoms with van der Waals surface area (Å²) in [5.41, 5.74) is 7.51. The summed E-state index contributed by atoms with van der Waals surface area (Å²) in [6.07, 6.45) is 0. The number of rotatable bonds is 34. The summed E-state index contributed by atoms with van der Waals surface area (Å²) in [5.74, 6) is 6.97. The lowest BCUT2D eigenvalue weighted by molar-refractivity contribution is -0.0217. The number of carbonyl (C=O) groups excluding carboxylic acids is 2. The predicted octanol–water partition coefficient (Wildman–Crippen LogP) is 5.87. The molecular weight excluding hydrogens is 873 g/mol. The number of likely N-dealkylation sites (N-methyl/N-ethyl adjacent to an activating group) is 1. The Labute approximate surface area is 389 Å². The number of ketones is 1. The zero-order chi connectivity index (χ0) is 46.8. The molecule has 358 valence electrons. The highest BCUT2D eigenvalue weighted by Crippen LogP contribution is 2.41. The molecule has 0 aliphatic heterocycles. The van der Waals surface area contributed by atoms with E-state index in [1.54, 1.807) is 91.0 Å². The molecule has 5 rings (SSSR count). The lowest BCUT2D eigenvalue weighted by atomic mass is 9.97. The van der Waals surface area contributed by atoms with E-state index in [1.165, 1.54) is 11.3 Å². The van der Waals surface area contributed by atoms with Crippen molar-refractivity contribution in [1.82, 2.24) is 4.90 Å². The molecular formula is C48H62N4O13S. The molecule has 0 radical (unpaired) electrons. The van der Waals surface area contributed by atoms with Crippen molar-refractivity contribution in [2.45, 2.75) is 6.92 Å². The molecule has 0 unspecified atom stereocenters. The van der Waals surface area contributed by atoms with Gasteiger partial charge in [0.1, 0.15) is 36.2 Å². The maximum atomic E-state index is 13.9. The van der Waals surface area contributed by atoms with E-state index < -0.39 is 6.03 Å². The first-order valence-corrected chi connectivity index (χ1v) is 22.7. The van der Waals surface area contributed by atoms with Crippen LogP contribution in [-0.2, 0) is 33.2 Å². The maximum absolute atomic E-state index is 13.9. The Kier molecular flexibility index (Phi) is 22.9. The van der Waals surface area contributed by atoms with Gasteiger partial charge >= 0.3 is 6.03 Å². The minimum Gasteiger partial charge on any atom is -0.508 e. The van der Waals surface area contributed by atoms with Gasteiger partial charge in [0.2, 0.25) is 0 Å². The predicted molar refractivity (Wildman–Crippen MR) is 252 cm³/mol. The fourth-order valence-electron chi connectivity index (χ4n) is 6.38. The second kappa shape index (κ2) is 29.3. The monoisotopic (exact) mass is 934 g/mol. The van der Waals surface area contributed by atoms with E-state index >= 15 is 0 Å². The van der Waals surface area contributed by atoms with E-state index in [2.05, 4.69) is 11.8 Å². The van der Waals surface area contributed by atoms with E-state index in [0.717, 1.165) is 45.2 Å². The Morgan fingerprint density at radius 2 is 1.09 bits per heavy atom. The Balaban J connectivity index is 0.799. The Hall–Kier alpha value is -5.38. The number of aromatic hydroxyl groups is 2. The highest BCUT2D eigenvalue weighted by molar-refractivity contribution is 7.22. The van der Waals surface area contributed by atoms with Crippen molar-refractivity contribution >= 4 is 38.9 Å². The number of hydrazine groups is 1. The topological polar surface area (TPSA) is 216 Å². The van der Waals surface area contributed by atoms with Crippen LogP contribution in [0.3, 0.4) is 0 Å². The van der Waals surface area contributed by atoms with Crippen LogP contribution in [0.15, 0.2) is 91.0 Å². The molecule has 1 aromatic heterocycles. The first kappa shape index (κ1) is 51.6. The molecule has 4 aromatic carbocycles. The van der Waals surface area contributed by atoms with Crippen molar-refractivity contribution in [2.24, 2.45) is 11.6 Å². The number of phenols is 2. The molecule has 1 heterocycles. The van der Waals surface area contributed by atoms with E-state index in [-0.39, 0.29) is 17.3 Å². The first-order chi connectivity index (χ1) is 32.2. The highest BCUT2D eigenvalue weighted by Gasteiger charge is 2.22. The molecule has 0 atom stereocenters. The second-order valence-electron chi connectivity index (χ2n) is 14.5. The van der Waals surface area contributed by atoms with Crippen molar-refractivity contribution < 1.29 is 62.4 Å². The molecule has 0 saturated carbocycles. The molecule has 66 heavy (non-hydrogen) atoms. The Bertz CT molecular complexity index is 2170. The number of phenolic OH excluding ortho intramolecular Hbond substituents is 2. The van der Waals surface area contributed by atoms with Gasteiger partial charge < -0.3 is 58.6 Å². The Morgan fingerprint density at radius 3 is 1.65 bits per heavy atom. The van der Waals surface area contributed by atoms with Gasteiger partial charge in [0.25, 0.3) is 0 Å². The van der Waals surface area contributed by atoms with Crippen LogP contribution in [-0.4, -0.2) is 152 Å². The summed E-state index contributed by atoms with van der Waals surface area (Å²) in [6.45, 7) is 11.7. The molecule has 6 N–H and O–H groups in total. The van der Waals surface area contributed by atoms with Crippen LogP contribution in [0.4, 0.5) is 10.5 Å². The number of primary amides is 1. The molecule has 0 saturated heterocycles. The van der Waals surface area contributed by atoms with Crippen molar-refractivity contribution in [3.63, 3.8) is 0 Å². The van der Waals surface area contributed by atoms with Gasteiger partial charge in [0.15, 0.2) is 5.78 Å². The Morgan fingerprint density at radius 1 is 0.576 bits per heavy atom. The minimum atomic E-state index is -0.764. The van der Waals surface area contributed by atoms with Crippen molar-refractivity contribution in [2.75, 3.05) is 130 Å². The molecule has 18 heteroatoms. The maximum Gasteiger partial charge on any atom is 0.333 e. The highest BCUT2D eigenvalue weighted by atomic mass is 32.1. The third-order valence-electron chi connectivity index (χ3n) is 9.88. The largest absolute Gasteiger partial charge is 0.508 e. The molecule has 5 aromatic rings. The fraction of sp³-hybridized carbons (Fsp3) is 0.417. The van der Waals surface area contributed by atoms with E-state index in [1.807, 2.05) is 0 Å². The zero-order valence-electron chi connectivity index (χ0n) is 37.4. The molecule has 2 amide bonds. The van der Waals surface area contributed by atoms with Gasteiger partial charge in [-0.1, -0.05) is 13.0 Å². The summed E-state index contributed by atoms with van der Waals surface area (Å²) >= 11 is 1.43. The molecule has 0 aliphatic rings. The standard InChI is InChI=1S/C48H62N4O13S/c1-2-51(17-19-64-41-13-8-36(9-14-41)46(55)45-43-15-12-40(54)35-44(43)66-47(45)37-6-10-39(53)11-7-37)16-18-57-20-21-58-22-23-59-24-25-60-26-27-61-28-29-62-30-31-63-32-33-65-42-5-3-4-38(34-42)52(50)48(49)56/h3-15,34-35,53-54H,2,16-33,50H2,1H3,(H2,49,56). The number of hydrogen-bond acceptors (Lipinski definition) is 16. The molecule has 17 nitrogen and oxygen atoms in total. The van der Waals surface area contributed by atoms with Gasteiger partial charge in [0.05, 0.1) is 98.2 Å². The van der Waals surface area contributed by atoms with Crippen molar-refractivity contribution in [1.29, 1.82) is 0 Å². The lowest BCUT2D eigenvalue weighted by Crippen LogP contribution is -2.41. The van der Waals surface area contributed by atoms with Crippen LogP contribution in [0.2, 0.25) is 0 Å². The molecule has 0 fully saturated rings. The van der Waals surface area contributed by atoms with Gasteiger partial charge in [0, 0.05) is 45.2 Å². The molecule has 0 aliphatic carbocycles. The minimum absolute atomic E-state index is 0.131. The van der Waals surface area contributed by atoms with Crippen molar-refractivity contribution in [3.8, 4) is 33.4 Å². The number of urea groups is 1. The number of benzene rings is 4. The molecule has 0 bridgehead atoms. The average Bonchev–Trinajstić information content (AvgIpc) is 3.70. The number of thiophene rings is 1. The van der Waals surface area contributed by atoms with Crippen LogP contribution in [0.25, 0.3) is 20.5 Å². The number of hydrogen-bond donors (Lipinski definition) is 4. The van der Waals surface area contributed by atoms with Crippen molar-refractivity contribution in [3.05, 3.63) is 102 Å². The third-order valence-corrected chi connectivity index (χ3v) is 11.1. The van der Waals surface area contributed by atoms with Crippen LogP contribution < -0.4 is 26.1 Å². The van der Waals surface area contributed by atoms with Crippen LogP contribution in [0.5, 0.6) is 23.0 Å². The number of fused-ring (bicyclic) bond motifs is 1. The first-order valence-electron chi connectivity index (χ1n) is 21.9. The van der Waals surface area contributed by atoms with Gasteiger partial charge in [-0.3, -0.25) is 9.69 Å². The number of anilines is 1. The zero-order valence-corrected chi connectivity index (χ0v) is 38.3. The second-order valence-corrected chi connectivity index (χ2v) is 15.6. The fourth-order valence-corrected chi connectivity index (χ4v) is 7.62. The number of amides is 2. The van der Waals surface area contributed by atoms with Gasteiger partial charge in [-0.15, -0.1) is 11.3 Å².